The second-order valence-corrected chi connectivity index (χ2v) is 9.66. The maximum atomic E-state index is 12.3. The fraction of sp³-hybridized carbons (Fsp3) is 0.316. The van der Waals surface area contributed by atoms with Crippen molar-refractivity contribution >= 4 is 37.6 Å². The summed E-state index contributed by atoms with van der Waals surface area (Å²) in [6.07, 6.45) is 2.97. The minimum atomic E-state index is -3.72. The molecule has 2 amide bonds. The lowest BCUT2D eigenvalue weighted by atomic mass is 10.1. The Morgan fingerprint density at radius 2 is 1.13 bits per heavy atom. The van der Waals surface area contributed by atoms with Gasteiger partial charge in [0.05, 0.1) is 12.5 Å². The Kier molecular flexibility index (Phi) is 7.32. The summed E-state index contributed by atoms with van der Waals surface area (Å²) in [7, 11) is -7.44. The van der Waals surface area contributed by atoms with E-state index in [4.69, 9.17) is 8.37 Å². The molecule has 9 nitrogen and oxygen atoms in total. The SMILES string of the molecule is CCc1ccc(NC(=O)Nc2ccc(CC)c(OS(C)(=O)=O)c2)cc1OS(C)(=O)=O. The Hall–Kier alpha value is -2.79. The molecule has 0 spiro atoms. The second-order valence-electron chi connectivity index (χ2n) is 6.51. The number of hydrogen-bond acceptors (Lipinski definition) is 7. The summed E-state index contributed by atoms with van der Waals surface area (Å²) < 4.78 is 55.8. The summed E-state index contributed by atoms with van der Waals surface area (Å²) in [6, 6.07) is 8.77. The van der Waals surface area contributed by atoms with Crippen molar-refractivity contribution in [2.24, 2.45) is 0 Å². The summed E-state index contributed by atoms with van der Waals surface area (Å²) in [5.41, 5.74) is 1.98. The van der Waals surface area contributed by atoms with E-state index in [-0.39, 0.29) is 11.5 Å². The van der Waals surface area contributed by atoms with Gasteiger partial charge in [0.25, 0.3) is 0 Å². The molecule has 0 bridgehead atoms. The largest absolute Gasteiger partial charge is 0.382 e. The van der Waals surface area contributed by atoms with Crippen molar-refractivity contribution in [2.75, 3.05) is 23.1 Å². The first kappa shape index (κ1) is 23.5. The molecule has 0 aliphatic rings. The highest BCUT2D eigenvalue weighted by molar-refractivity contribution is 7.86. The third-order valence-corrected chi connectivity index (χ3v) is 4.86. The fourth-order valence-corrected chi connectivity index (χ4v) is 3.59. The third-order valence-electron chi connectivity index (χ3n) is 3.89. The zero-order valence-corrected chi connectivity index (χ0v) is 18.7. The average Bonchev–Trinajstić information content (AvgIpc) is 2.59. The molecule has 2 rings (SSSR count). The molecule has 0 aliphatic carbocycles. The van der Waals surface area contributed by atoms with Crippen LogP contribution in [0, 0.1) is 0 Å². The van der Waals surface area contributed by atoms with Gasteiger partial charge in [0.15, 0.2) is 0 Å². The minimum Gasteiger partial charge on any atom is -0.382 e. The van der Waals surface area contributed by atoms with E-state index in [0.29, 0.717) is 35.3 Å². The first-order chi connectivity index (χ1) is 13.9. The standard InChI is InChI=1S/C19H24N2O7S2/c1-5-13-7-9-15(11-17(13)27-29(3,23)24)20-19(22)21-16-10-8-14(6-2)18(12-16)28-30(4,25)26/h7-12H,5-6H2,1-4H3,(H2,20,21,22). The Labute approximate surface area is 176 Å². The number of benzene rings is 2. The van der Waals surface area contributed by atoms with E-state index in [1.807, 2.05) is 13.8 Å². The highest BCUT2D eigenvalue weighted by Crippen LogP contribution is 2.27. The summed E-state index contributed by atoms with van der Waals surface area (Å²) in [5, 5.41) is 5.16. The smallest absolute Gasteiger partial charge is 0.323 e. The molecule has 0 atom stereocenters. The Morgan fingerprint density at radius 1 is 0.767 bits per heavy atom. The number of nitrogens with one attached hydrogen (secondary N) is 2. The van der Waals surface area contributed by atoms with Crippen molar-refractivity contribution in [2.45, 2.75) is 26.7 Å². The molecule has 0 radical (unpaired) electrons. The molecule has 30 heavy (non-hydrogen) atoms. The molecular formula is C19H24N2O7S2. The average molecular weight is 457 g/mol. The van der Waals surface area contributed by atoms with E-state index < -0.39 is 26.3 Å². The molecule has 2 N–H and O–H groups in total. The van der Waals surface area contributed by atoms with Crippen LogP contribution in [-0.2, 0) is 33.1 Å². The second kappa shape index (κ2) is 9.35. The zero-order chi connectivity index (χ0) is 22.5. The lowest BCUT2D eigenvalue weighted by molar-refractivity contribution is 0.262. The maximum absolute atomic E-state index is 12.3. The molecular weight excluding hydrogens is 432 g/mol. The summed E-state index contributed by atoms with van der Waals surface area (Å²) in [6.45, 7) is 3.70. The fourth-order valence-electron chi connectivity index (χ4n) is 2.62. The number of carbonyl (C=O) groups is 1. The van der Waals surface area contributed by atoms with E-state index in [1.165, 1.54) is 12.1 Å². The third kappa shape index (κ3) is 7.23. The van der Waals surface area contributed by atoms with Crippen molar-refractivity contribution in [3.05, 3.63) is 47.5 Å². The molecule has 2 aromatic rings. The molecule has 0 unspecified atom stereocenters. The van der Waals surface area contributed by atoms with Crippen LogP contribution >= 0.6 is 0 Å². The molecule has 0 aromatic heterocycles. The summed E-state index contributed by atoms with van der Waals surface area (Å²) in [5.74, 6) is 0.267. The van der Waals surface area contributed by atoms with Gasteiger partial charge in [-0.15, -0.1) is 0 Å². The van der Waals surface area contributed by atoms with Crippen LogP contribution in [0.25, 0.3) is 0 Å². The summed E-state index contributed by atoms with van der Waals surface area (Å²) in [4.78, 5) is 12.3. The molecule has 0 aliphatic heterocycles. The van der Waals surface area contributed by atoms with Gasteiger partial charge in [-0.1, -0.05) is 26.0 Å². The molecule has 11 heteroatoms. The van der Waals surface area contributed by atoms with Gasteiger partial charge in [-0.05, 0) is 36.1 Å². The molecule has 0 saturated heterocycles. The van der Waals surface area contributed by atoms with Crippen LogP contribution in [0.4, 0.5) is 16.2 Å². The number of carbonyl (C=O) groups excluding carboxylic acids is 1. The minimum absolute atomic E-state index is 0.133. The maximum Gasteiger partial charge on any atom is 0.323 e. The number of aryl methyl sites for hydroxylation is 2. The zero-order valence-electron chi connectivity index (χ0n) is 17.1. The van der Waals surface area contributed by atoms with Crippen LogP contribution < -0.4 is 19.0 Å². The van der Waals surface area contributed by atoms with Crippen molar-refractivity contribution in [3.63, 3.8) is 0 Å². The van der Waals surface area contributed by atoms with Crippen LogP contribution in [0.2, 0.25) is 0 Å². The van der Waals surface area contributed by atoms with Crippen LogP contribution in [0.3, 0.4) is 0 Å². The van der Waals surface area contributed by atoms with E-state index in [1.54, 1.807) is 24.3 Å². The number of amides is 2. The van der Waals surface area contributed by atoms with E-state index in [9.17, 15) is 21.6 Å². The van der Waals surface area contributed by atoms with Crippen LogP contribution in [0.15, 0.2) is 36.4 Å². The molecule has 0 heterocycles. The Balaban J connectivity index is 2.19. The van der Waals surface area contributed by atoms with Crippen molar-refractivity contribution in [1.29, 1.82) is 0 Å². The molecule has 0 saturated carbocycles. The van der Waals surface area contributed by atoms with Gasteiger partial charge in [-0.2, -0.15) is 16.8 Å². The van der Waals surface area contributed by atoms with E-state index in [2.05, 4.69) is 10.6 Å². The Bertz CT molecular complexity index is 1050. The van der Waals surface area contributed by atoms with Gasteiger partial charge in [0.1, 0.15) is 11.5 Å². The quantitative estimate of drug-likeness (QED) is 0.584. The van der Waals surface area contributed by atoms with E-state index in [0.717, 1.165) is 12.5 Å². The van der Waals surface area contributed by atoms with Crippen LogP contribution in [0.5, 0.6) is 11.5 Å². The van der Waals surface area contributed by atoms with Crippen LogP contribution in [-0.4, -0.2) is 35.4 Å². The van der Waals surface area contributed by atoms with Gasteiger partial charge in [0, 0.05) is 23.5 Å². The van der Waals surface area contributed by atoms with Crippen molar-refractivity contribution < 1.29 is 30.0 Å². The first-order valence-electron chi connectivity index (χ1n) is 9.03. The van der Waals surface area contributed by atoms with E-state index >= 15 is 0 Å². The van der Waals surface area contributed by atoms with Crippen molar-refractivity contribution in [1.82, 2.24) is 0 Å². The lowest BCUT2D eigenvalue weighted by Crippen LogP contribution is -2.20. The topological polar surface area (TPSA) is 128 Å². The molecule has 2 aromatic carbocycles. The van der Waals surface area contributed by atoms with Gasteiger partial charge in [0.2, 0.25) is 0 Å². The highest BCUT2D eigenvalue weighted by atomic mass is 32.2. The monoisotopic (exact) mass is 456 g/mol. The number of rotatable bonds is 8. The van der Waals surface area contributed by atoms with Gasteiger partial charge in [-0.25, -0.2) is 4.79 Å². The highest BCUT2D eigenvalue weighted by Gasteiger charge is 2.13. The lowest BCUT2D eigenvalue weighted by Gasteiger charge is -2.13. The predicted octanol–water partition coefficient (Wildman–Crippen LogP) is 3.13. The number of urea groups is 1. The first-order valence-corrected chi connectivity index (χ1v) is 12.7. The van der Waals surface area contributed by atoms with Gasteiger partial charge >= 0.3 is 26.3 Å². The number of hydrogen-bond donors (Lipinski definition) is 2. The van der Waals surface area contributed by atoms with Gasteiger partial charge in [-0.3, -0.25) is 0 Å². The molecule has 164 valence electrons. The number of anilines is 2. The predicted molar refractivity (Wildman–Crippen MR) is 115 cm³/mol. The molecule has 0 fully saturated rings. The van der Waals surface area contributed by atoms with Crippen molar-refractivity contribution in [3.8, 4) is 11.5 Å². The normalized spacial score (nSPS) is 11.6. The summed E-state index contributed by atoms with van der Waals surface area (Å²) >= 11 is 0. The van der Waals surface area contributed by atoms with Crippen LogP contribution in [0.1, 0.15) is 25.0 Å². The van der Waals surface area contributed by atoms with Gasteiger partial charge < -0.3 is 19.0 Å². The Morgan fingerprint density at radius 3 is 1.43 bits per heavy atom.